The Labute approximate surface area is 164 Å². The molecule has 2 saturated heterocycles. The molecule has 0 bridgehead atoms. The summed E-state index contributed by atoms with van der Waals surface area (Å²) in [6, 6.07) is 0.394. The topological polar surface area (TPSA) is 77.6 Å². The van der Waals surface area contributed by atoms with Crippen molar-refractivity contribution < 1.29 is 9.53 Å². The van der Waals surface area contributed by atoms with Crippen molar-refractivity contribution in [1.82, 2.24) is 19.6 Å². The lowest BCUT2D eigenvalue weighted by Crippen LogP contribution is -2.54. The van der Waals surface area contributed by atoms with Crippen LogP contribution in [-0.2, 0) is 4.74 Å². The number of carbonyl (C=O) groups excluding carboxylic acids is 1. The zero-order valence-electron chi connectivity index (χ0n) is 17.8. The summed E-state index contributed by atoms with van der Waals surface area (Å²) in [6.07, 6.45) is -0.252. The largest absolute Gasteiger partial charge is 0.444 e. The molecule has 2 aliphatic heterocycles. The minimum Gasteiger partial charge on any atom is -0.444 e. The van der Waals surface area contributed by atoms with Crippen LogP contribution in [0.15, 0.2) is 4.99 Å². The Hall–Kier alpha value is -1.54. The lowest BCUT2D eigenvalue weighted by atomic mass is 10.2. The van der Waals surface area contributed by atoms with E-state index < -0.39 is 5.60 Å². The second kappa shape index (κ2) is 9.59. The van der Waals surface area contributed by atoms with Gasteiger partial charge in [-0.2, -0.15) is 0 Å². The molecule has 0 aromatic rings. The standard InChI is InChI=1S/C19H38N6O2/c1-6-22-7-9-23(10-8-22)16(2)15-21-17(20)24-11-13-25(14-12-24)18(26)27-19(3,4)5/h16H,6-15H2,1-5H3,(H2,20,21). The van der Waals surface area contributed by atoms with Crippen molar-refractivity contribution in [3.63, 3.8) is 0 Å². The Kier molecular flexibility index (Phi) is 7.73. The average Bonchev–Trinajstić information content (AvgIpc) is 2.64. The molecule has 0 aromatic heterocycles. The Balaban J connectivity index is 1.75. The van der Waals surface area contributed by atoms with Gasteiger partial charge in [-0.15, -0.1) is 0 Å². The lowest BCUT2D eigenvalue weighted by molar-refractivity contribution is 0.0186. The molecule has 0 saturated carbocycles. The second-order valence-electron chi connectivity index (χ2n) is 8.47. The van der Waals surface area contributed by atoms with Crippen LogP contribution in [0.5, 0.6) is 0 Å². The first-order chi connectivity index (χ1) is 12.7. The Morgan fingerprint density at radius 1 is 1.04 bits per heavy atom. The summed E-state index contributed by atoms with van der Waals surface area (Å²) in [4.78, 5) is 25.5. The van der Waals surface area contributed by atoms with Crippen LogP contribution in [-0.4, -0.2) is 109 Å². The summed E-state index contributed by atoms with van der Waals surface area (Å²) in [6.45, 7) is 19.0. The molecule has 2 fully saturated rings. The third-order valence-electron chi connectivity index (χ3n) is 5.25. The SMILES string of the molecule is CCN1CCN(C(C)CN=C(N)N2CCN(C(=O)OC(C)(C)C)CC2)CC1. The van der Waals surface area contributed by atoms with Crippen molar-refractivity contribution in [3.8, 4) is 0 Å². The summed E-state index contributed by atoms with van der Waals surface area (Å²) in [7, 11) is 0. The first-order valence-corrected chi connectivity index (χ1v) is 10.2. The van der Waals surface area contributed by atoms with E-state index in [1.165, 1.54) is 0 Å². The van der Waals surface area contributed by atoms with Crippen molar-refractivity contribution in [2.75, 3.05) is 65.4 Å². The van der Waals surface area contributed by atoms with Gasteiger partial charge < -0.3 is 25.2 Å². The van der Waals surface area contributed by atoms with Crippen LogP contribution in [0.2, 0.25) is 0 Å². The predicted molar refractivity (Wildman–Crippen MR) is 109 cm³/mol. The molecule has 1 unspecified atom stereocenters. The number of hydrogen-bond donors (Lipinski definition) is 1. The smallest absolute Gasteiger partial charge is 0.410 e. The number of piperazine rings is 2. The summed E-state index contributed by atoms with van der Waals surface area (Å²) >= 11 is 0. The van der Waals surface area contributed by atoms with E-state index in [1.807, 2.05) is 20.8 Å². The number of hydrogen-bond acceptors (Lipinski definition) is 5. The van der Waals surface area contributed by atoms with Gasteiger partial charge in [-0.25, -0.2) is 4.79 Å². The van der Waals surface area contributed by atoms with Gasteiger partial charge in [0.2, 0.25) is 0 Å². The van der Waals surface area contributed by atoms with Gasteiger partial charge >= 0.3 is 6.09 Å². The highest BCUT2D eigenvalue weighted by atomic mass is 16.6. The number of ether oxygens (including phenoxy) is 1. The first kappa shape index (κ1) is 21.8. The van der Waals surface area contributed by atoms with Gasteiger partial charge in [0.05, 0.1) is 6.54 Å². The highest BCUT2D eigenvalue weighted by Gasteiger charge is 2.26. The molecule has 0 aliphatic carbocycles. The Morgan fingerprint density at radius 2 is 1.59 bits per heavy atom. The molecule has 0 radical (unpaired) electrons. The Bertz CT molecular complexity index is 503. The molecule has 1 amide bonds. The molecule has 1 atom stereocenters. The fourth-order valence-electron chi connectivity index (χ4n) is 3.41. The third kappa shape index (κ3) is 6.84. The van der Waals surface area contributed by atoms with Crippen molar-refractivity contribution in [2.45, 2.75) is 46.3 Å². The van der Waals surface area contributed by atoms with Gasteiger partial charge in [0.25, 0.3) is 0 Å². The molecular weight excluding hydrogens is 344 g/mol. The lowest BCUT2D eigenvalue weighted by Gasteiger charge is -2.38. The number of aliphatic imine (C=N–C) groups is 1. The van der Waals surface area contributed by atoms with Crippen LogP contribution in [0.4, 0.5) is 4.79 Å². The van der Waals surface area contributed by atoms with E-state index in [9.17, 15) is 4.79 Å². The average molecular weight is 383 g/mol. The van der Waals surface area contributed by atoms with Gasteiger partial charge in [-0.3, -0.25) is 9.89 Å². The van der Waals surface area contributed by atoms with Crippen LogP contribution in [0.3, 0.4) is 0 Å². The number of guanidine groups is 1. The number of rotatable bonds is 4. The molecule has 8 heteroatoms. The highest BCUT2D eigenvalue weighted by Crippen LogP contribution is 2.12. The quantitative estimate of drug-likeness (QED) is 0.574. The van der Waals surface area contributed by atoms with E-state index in [1.54, 1.807) is 4.90 Å². The molecule has 0 spiro atoms. The van der Waals surface area contributed by atoms with E-state index in [2.05, 4.69) is 33.5 Å². The van der Waals surface area contributed by atoms with Crippen molar-refractivity contribution in [1.29, 1.82) is 0 Å². The minimum atomic E-state index is -0.465. The molecule has 2 N–H and O–H groups in total. The normalized spacial score (nSPS) is 22.0. The maximum Gasteiger partial charge on any atom is 0.410 e. The van der Waals surface area contributed by atoms with Gasteiger partial charge in [-0.05, 0) is 34.2 Å². The van der Waals surface area contributed by atoms with E-state index in [0.717, 1.165) is 32.7 Å². The summed E-state index contributed by atoms with van der Waals surface area (Å²) in [5.41, 5.74) is 5.74. The third-order valence-corrected chi connectivity index (χ3v) is 5.25. The van der Waals surface area contributed by atoms with Gasteiger partial charge in [0.1, 0.15) is 5.60 Å². The summed E-state index contributed by atoms with van der Waals surface area (Å²) < 4.78 is 5.43. The summed E-state index contributed by atoms with van der Waals surface area (Å²) in [5, 5.41) is 0. The maximum atomic E-state index is 12.1. The Morgan fingerprint density at radius 3 is 2.11 bits per heavy atom. The van der Waals surface area contributed by atoms with E-state index in [4.69, 9.17) is 10.5 Å². The van der Waals surface area contributed by atoms with Crippen LogP contribution in [0.25, 0.3) is 0 Å². The number of likely N-dealkylation sites (N-methyl/N-ethyl adjacent to an activating group) is 1. The van der Waals surface area contributed by atoms with Crippen molar-refractivity contribution in [3.05, 3.63) is 0 Å². The van der Waals surface area contributed by atoms with Gasteiger partial charge in [0.15, 0.2) is 5.96 Å². The highest BCUT2D eigenvalue weighted by molar-refractivity contribution is 5.78. The van der Waals surface area contributed by atoms with Crippen LogP contribution < -0.4 is 5.73 Å². The fraction of sp³-hybridized carbons (Fsp3) is 0.895. The molecule has 0 aromatic carbocycles. The zero-order valence-corrected chi connectivity index (χ0v) is 17.8. The first-order valence-electron chi connectivity index (χ1n) is 10.2. The van der Waals surface area contributed by atoms with E-state index in [-0.39, 0.29) is 6.09 Å². The van der Waals surface area contributed by atoms with Gasteiger partial charge in [0, 0.05) is 58.4 Å². The number of carbonyl (C=O) groups is 1. The molecule has 2 heterocycles. The summed E-state index contributed by atoms with van der Waals surface area (Å²) in [5.74, 6) is 0.581. The number of nitrogens with two attached hydrogens (primary N) is 1. The molecular formula is C19H38N6O2. The second-order valence-corrected chi connectivity index (χ2v) is 8.47. The number of nitrogens with zero attached hydrogens (tertiary/aromatic N) is 5. The molecule has 27 heavy (non-hydrogen) atoms. The van der Waals surface area contributed by atoms with Crippen molar-refractivity contribution in [2.24, 2.45) is 10.7 Å². The molecule has 8 nitrogen and oxygen atoms in total. The van der Waals surface area contributed by atoms with E-state index in [0.29, 0.717) is 44.7 Å². The monoisotopic (exact) mass is 382 g/mol. The molecule has 2 aliphatic rings. The molecule has 156 valence electrons. The molecule has 2 rings (SSSR count). The van der Waals surface area contributed by atoms with Crippen LogP contribution in [0.1, 0.15) is 34.6 Å². The predicted octanol–water partition coefficient (Wildman–Crippen LogP) is 0.880. The fourth-order valence-corrected chi connectivity index (χ4v) is 3.41. The maximum absolute atomic E-state index is 12.1. The van der Waals surface area contributed by atoms with E-state index >= 15 is 0 Å². The number of amides is 1. The zero-order chi connectivity index (χ0) is 20.0. The van der Waals surface area contributed by atoms with Gasteiger partial charge in [-0.1, -0.05) is 6.92 Å². The van der Waals surface area contributed by atoms with Crippen LogP contribution >= 0.6 is 0 Å². The minimum absolute atomic E-state index is 0.252. The van der Waals surface area contributed by atoms with Crippen LogP contribution in [0, 0.1) is 0 Å². The van der Waals surface area contributed by atoms with Crippen molar-refractivity contribution >= 4 is 12.1 Å².